The third-order valence-electron chi connectivity index (χ3n) is 3.24. The molecule has 0 bridgehead atoms. The van der Waals surface area contributed by atoms with E-state index in [9.17, 15) is 9.90 Å². The summed E-state index contributed by atoms with van der Waals surface area (Å²) in [6, 6.07) is 3.63. The number of nitrogens with one attached hydrogen (secondary N) is 1. The highest BCUT2D eigenvalue weighted by Gasteiger charge is 2.28. The summed E-state index contributed by atoms with van der Waals surface area (Å²) in [6.07, 6.45) is 3.39. The molecule has 1 aliphatic rings. The van der Waals surface area contributed by atoms with Crippen LogP contribution in [0.4, 0.5) is 5.69 Å². The molecule has 1 atom stereocenters. The molecule has 0 aromatic carbocycles. The number of aliphatic hydroxyl groups is 1. The first-order valence-electron chi connectivity index (χ1n) is 6.17. The van der Waals surface area contributed by atoms with Crippen LogP contribution in [-0.4, -0.2) is 41.7 Å². The van der Waals surface area contributed by atoms with Gasteiger partial charge in [-0.3, -0.25) is 9.78 Å². The van der Waals surface area contributed by atoms with Gasteiger partial charge in [0.1, 0.15) is 5.69 Å². The van der Waals surface area contributed by atoms with E-state index in [1.165, 1.54) is 0 Å². The fourth-order valence-corrected chi connectivity index (χ4v) is 2.31. The molecule has 1 aromatic rings. The van der Waals surface area contributed by atoms with Crippen molar-refractivity contribution in [1.29, 1.82) is 0 Å². The average Bonchev–Trinajstić information content (AvgIpc) is 2.37. The van der Waals surface area contributed by atoms with E-state index in [0.717, 1.165) is 25.1 Å². The molecule has 1 amide bonds. The lowest BCUT2D eigenvalue weighted by atomic mass is 9.95. The van der Waals surface area contributed by atoms with E-state index in [1.54, 1.807) is 19.3 Å². The van der Waals surface area contributed by atoms with E-state index in [2.05, 4.69) is 15.2 Å². The molecule has 2 N–H and O–H groups in total. The van der Waals surface area contributed by atoms with E-state index >= 15 is 0 Å². The largest absolute Gasteiger partial charge is 0.388 e. The number of pyridine rings is 1. The van der Waals surface area contributed by atoms with Crippen molar-refractivity contribution < 1.29 is 9.90 Å². The van der Waals surface area contributed by atoms with Gasteiger partial charge in [-0.15, -0.1) is 0 Å². The molecule has 0 spiro atoms. The number of rotatable bonds is 2. The zero-order valence-corrected chi connectivity index (χ0v) is 10.8. The molecule has 0 aliphatic carbocycles. The standard InChI is InChI=1S/C13H19N3O2/c1-13(18)5-3-7-16(9-13)10-4-6-15-11(8-10)12(17)14-2/h4,6,8,18H,3,5,7,9H2,1-2H3,(H,14,17). The number of aromatic nitrogens is 1. The second-order valence-electron chi connectivity index (χ2n) is 5.00. The van der Waals surface area contributed by atoms with Crippen LogP contribution < -0.4 is 10.2 Å². The molecule has 98 valence electrons. The molecular weight excluding hydrogens is 230 g/mol. The average molecular weight is 249 g/mol. The van der Waals surface area contributed by atoms with Gasteiger partial charge in [0.2, 0.25) is 0 Å². The minimum atomic E-state index is -0.658. The fraction of sp³-hybridized carbons (Fsp3) is 0.538. The zero-order valence-electron chi connectivity index (χ0n) is 10.8. The first-order valence-corrected chi connectivity index (χ1v) is 6.17. The number of hydrogen-bond donors (Lipinski definition) is 2. The molecule has 1 aliphatic heterocycles. The Bertz CT molecular complexity index is 446. The SMILES string of the molecule is CNC(=O)c1cc(N2CCCC(C)(O)C2)ccn1. The van der Waals surface area contributed by atoms with Gasteiger partial charge < -0.3 is 15.3 Å². The lowest BCUT2D eigenvalue weighted by Crippen LogP contribution is -2.46. The number of nitrogens with zero attached hydrogens (tertiary/aromatic N) is 2. The van der Waals surface area contributed by atoms with Crippen LogP contribution in [0, 0.1) is 0 Å². The van der Waals surface area contributed by atoms with E-state index in [-0.39, 0.29) is 5.91 Å². The molecule has 5 nitrogen and oxygen atoms in total. The van der Waals surface area contributed by atoms with Crippen molar-refractivity contribution in [1.82, 2.24) is 10.3 Å². The molecule has 1 fully saturated rings. The number of carbonyl (C=O) groups excluding carboxylic acids is 1. The Morgan fingerprint density at radius 3 is 3.06 bits per heavy atom. The van der Waals surface area contributed by atoms with Gasteiger partial charge in [-0.2, -0.15) is 0 Å². The molecule has 18 heavy (non-hydrogen) atoms. The first kappa shape index (κ1) is 12.8. The lowest BCUT2D eigenvalue weighted by molar-refractivity contribution is 0.0449. The zero-order chi connectivity index (χ0) is 13.2. The van der Waals surface area contributed by atoms with Crippen LogP contribution in [0.15, 0.2) is 18.3 Å². The van der Waals surface area contributed by atoms with Crippen molar-refractivity contribution in [3.05, 3.63) is 24.0 Å². The van der Waals surface area contributed by atoms with E-state index < -0.39 is 5.60 Å². The molecule has 5 heteroatoms. The molecule has 1 saturated heterocycles. The predicted octanol–water partition coefficient (Wildman–Crippen LogP) is 0.792. The second-order valence-corrected chi connectivity index (χ2v) is 5.00. The minimum Gasteiger partial charge on any atom is -0.388 e. The third-order valence-corrected chi connectivity index (χ3v) is 3.24. The summed E-state index contributed by atoms with van der Waals surface area (Å²) in [5.74, 6) is -0.194. The maximum Gasteiger partial charge on any atom is 0.269 e. The number of piperidine rings is 1. The monoisotopic (exact) mass is 249 g/mol. The summed E-state index contributed by atoms with van der Waals surface area (Å²) in [6.45, 7) is 3.33. The summed E-state index contributed by atoms with van der Waals surface area (Å²) in [5, 5.41) is 12.7. The van der Waals surface area contributed by atoms with E-state index in [4.69, 9.17) is 0 Å². The number of hydrogen-bond acceptors (Lipinski definition) is 4. The van der Waals surface area contributed by atoms with Crippen LogP contribution in [0.1, 0.15) is 30.3 Å². The van der Waals surface area contributed by atoms with Gasteiger partial charge in [0.15, 0.2) is 0 Å². The van der Waals surface area contributed by atoms with E-state index in [0.29, 0.717) is 12.2 Å². The Hall–Kier alpha value is -1.62. The van der Waals surface area contributed by atoms with Crippen molar-refractivity contribution >= 4 is 11.6 Å². The summed E-state index contributed by atoms with van der Waals surface area (Å²) in [7, 11) is 1.59. The van der Waals surface area contributed by atoms with Gasteiger partial charge in [0.05, 0.1) is 5.60 Å². The van der Waals surface area contributed by atoms with Crippen LogP contribution in [0.5, 0.6) is 0 Å². The summed E-state index contributed by atoms with van der Waals surface area (Å²) in [5.41, 5.74) is 0.679. The highest BCUT2D eigenvalue weighted by atomic mass is 16.3. The Morgan fingerprint density at radius 1 is 1.61 bits per heavy atom. The van der Waals surface area contributed by atoms with Gasteiger partial charge >= 0.3 is 0 Å². The number of β-amino-alcohol motifs (C(OH)–C–C–N with tert-alkyl or cyclic N) is 1. The molecule has 0 saturated carbocycles. The predicted molar refractivity (Wildman–Crippen MR) is 69.7 cm³/mol. The number of carbonyl (C=O) groups is 1. The minimum absolute atomic E-state index is 0.194. The van der Waals surface area contributed by atoms with Crippen LogP contribution in [0.2, 0.25) is 0 Å². The number of anilines is 1. The van der Waals surface area contributed by atoms with Crippen molar-refractivity contribution in [2.24, 2.45) is 0 Å². The van der Waals surface area contributed by atoms with Gasteiger partial charge in [0, 0.05) is 32.0 Å². The van der Waals surface area contributed by atoms with Gasteiger partial charge in [0.25, 0.3) is 5.91 Å². The van der Waals surface area contributed by atoms with Crippen molar-refractivity contribution in [3.63, 3.8) is 0 Å². The molecule has 1 aromatic heterocycles. The van der Waals surface area contributed by atoms with Crippen molar-refractivity contribution in [3.8, 4) is 0 Å². The van der Waals surface area contributed by atoms with Crippen LogP contribution in [-0.2, 0) is 0 Å². The highest BCUT2D eigenvalue weighted by molar-refractivity contribution is 5.92. The van der Waals surface area contributed by atoms with Crippen LogP contribution >= 0.6 is 0 Å². The molecular formula is C13H19N3O2. The lowest BCUT2D eigenvalue weighted by Gasteiger charge is -2.38. The Labute approximate surface area is 107 Å². The second kappa shape index (κ2) is 4.94. The molecule has 0 radical (unpaired) electrons. The first-order chi connectivity index (χ1) is 8.52. The topological polar surface area (TPSA) is 65.5 Å². The van der Waals surface area contributed by atoms with Gasteiger partial charge in [-0.05, 0) is 31.9 Å². The maximum absolute atomic E-state index is 11.5. The summed E-state index contributed by atoms with van der Waals surface area (Å²) >= 11 is 0. The van der Waals surface area contributed by atoms with Crippen molar-refractivity contribution in [2.45, 2.75) is 25.4 Å². The smallest absolute Gasteiger partial charge is 0.269 e. The quantitative estimate of drug-likeness (QED) is 0.813. The van der Waals surface area contributed by atoms with Gasteiger partial charge in [-0.1, -0.05) is 0 Å². The molecule has 1 unspecified atom stereocenters. The molecule has 2 rings (SSSR count). The summed E-state index contributed by atoms with van der Waals surface area (Å²) in [4.78, 5) is 17.7. The fourth-order valence-electron chi connectivity index (χ4n) is 2.31. The van der Waals surface area contributed by atoms with Crippen molar-refractivity contribution in [2.75, 3.05) is 25.0 Å². The highest BCUT2D eigenvalue weighted by Crippen LogP contribution is 2.25. The third kappa shape index (κ3) is 2.79. The molecule has 2 heterocycles. The van der Waals surface area contributed by atoms with Gasteiger partial charge in [-0.25, -0.2) is 0 Å². The Morgan fingerprint density at radius 2 is 2.39 bits per heavy atom. The maximum atomic E-state index is 11.5. The van der Waals surface area contributed by atoms with Crippen LogP contribution in [0.25, 0.3) is 0 Å². The van der Waals surface area contributed by atoms with E-state index in [1.807, 2.05) is 13.0 Å². The Kier molecular flexibility index (Phi) is 3.52. The van der Waals surface area contributed by atoms with Crippen LogP contribution in [0.3, 0.4) is 0 Å². The number of amides is 1. The normalized spacial score (nSPS) is 23.8. The summed E-state index contributed by atoms with van der Waals surface area (Å²) < 4.78 is 0. The Balaban J connectivity index is 2.20.